The molecule has 6 heteroatoms. The predicted octanol–water partition coefficient (Wildman–Crippen LogP) is 3.19. The Hall–Kier alpha value is -1.40. The SMILES string of the molecule is COC(=O)[C@@H]1C[C@H]2CCCC[C@H]2N1CC(=O)Nc1ccccc1Br. The van der Waals surface area contributed by atoms with E-state index in [1.807, 2.05) is 24.3 Å². The number of para-hydroxylation sites is 1. The quantitative estimate of drug-likeness (QED) is 0.796. The van der Waals surface area contributed by atoms with Crippen molar-refractivity contribution >= 4 is 33.5 Å². The summed E-state index contributed by atoms with van der Waals surface area (Å²) in [6.45, 7) is 0.224. The molecule has 0 aromatic heterocycles. The van der Waals surface area contributed by atoms with Crippen LogP contribution in [-0.2, 0) is 14.3 Å². The maximum absolute atomic E-state index is 12.5. The summed E-state index contributed by atoms with van der Waals surface area (Å²) >= 11 is 3.44. The minimum atomic E-state index is -0.298. The largest absolute Gasteiger partial charge is 0.468 e. The third kappa shape index (κ3) is 3.64. The van der Waals surface area contributed by atoms with Gasteiger partial charge in [-0.05, 0) is 53.2 Å². The first-order valence-corrected chi connectivity index (χ1v) is 9.27. The van der Waals surface area contributed by atoms with Gasteiger partial charge >= 0.3 is 5.97 Å². The van der Waals surface area contributed by atoms with E-state index in [4.69, 9.17) is 4.74 Å². The van der Waals surface area contributed by atoms with E-state index in [2.05, 4.69) is 26.1 Å². The summed E-state index contributed by atoms with van der Waals surface area (Å²) in [5.74, 6) is 0.180. The lowest BCUT2D eigenvalue weighted by molar-refractivity contribution is -0.146. The van der Waals surface area contributed by atoms with Gasteiger partial charge in [0, 0.05) is 10.5 Å². The summed E-state index contributed by atoms with van der Waals surface area (Å²) < 4.78 is 5.82. The van der Waals surface area contributed by atoms with Gasteiger partial charge in [-0.3, -0.25) is 14.5 Å². The van der Waals surface area contributed by atoms with E-state index in [1.165, 1.54) is 13.5 Å². The van der Waals surface area contributed by atoms with Crippen LogP contribution in [-0.4, -0.2) is 42.5 Å². The zero-order chi connectivity index (χ0) is 17.1. The fourth-order valence-electron chi connectivity index (χ4n) is 4.07. The molecule has 1 aliphatic heterocycles. The van der Waals surface area contributed by atoms with Gasteiger partial charge in [-0.1, -0.05) is 25.0 Å². The number of fused-ring (bicyclic) bond motifs is 1. The van der Waals surface area contributed by atoms with Crippen molar-refractivity contribution in [3.05, 3.63) is 28.7 Å². The zero-order valence-electron chi connectivity index (χ0n) is 13.8. The van der Waals surface area contributed by atoms with E-state index >= 15 is 0 Å². The molecule has 1 aromatic carbocycles. The van der Waals surface area contributed by atoms with Crippen molar-refractivity contribution in [3.8, 4) is 0 Å². The van der Waals surface area contributed by atoms with Gasteiger partial charge in [-0.15, -0.1) is 0 Å². The first-order chi connectivity index (χ1) is 11.6. The van der Waals surface area contributed by atoms with Gasteiger partial charge in [0.05, 0.1) is 19.3 Å². The van der Waals surface area contributed by atoms with E-state index < -0.39 is 0 Å². The Morgan fingerprint density at radius 2 is 2.04 bits per heavy atom. The fourth-order valence-corrected chi connectivity index (χ4v) is 4.45. The van der Waals surface area contributed by atoms with Gasteiger partial charge in [0.2, 0.25) is 5.91 Å². The number of ether oxygens (including phenoxy) is 1. The minimum absolute atomic E-state index is 0.0953. The second-order valence-corrected chi connectivity index (χ2v) is 7.44. The number of benzene rings is 1. The second kappa shape index (κ2) is 7.66. The second-order valence-electron chi connectivity index (χ2n) is 6.59. The predicted molar refractivity (Wildman–Crippen MR) is 95.6 cm³/mol. The first kappa shape index (κ1) is 17.4. The number of methoxy groups -OCH3 is 1. The molecule has 1 saturated heterocycles. The number of hydrogen-bond donors (Lipinski definition) is 1. The number of hydrogen-bond acceptors (Lipinski definition) is 4. The summed E-state index contributed by atoms with van der Waals surface area (Å²) in [5, 5.41) is 2.93. The fraction of sp³-hybridized carbons (Fsp3) is 0.556. The van der Waals surface area contributed by atoms with Crippen molar-refractivity contribution in [1.82, 2.24) is 4.90 Å². The van der Waals surface area contributed by atoms with Crippen LogP contribution in [0.4, 0.5) is 5.69 Å². The molecule has 0 bridgehead atoms. The van der Waals surface area contributed by atoms with Crippen LogP contribution in [0.2, 0.25) is 0 Å². The lowest BCUT2D eigenvalue weighted by Gasteiger charge is -2.32. The van der Waals surface area contributed by atoms with Crippen molar-refractivity contribution < 1.29 is 14.3 Å². The van der Waals surface area contributed by atoms with Crippen molar-refractivity contribution in [1.29, 1.82) is 0 Å². The molecule has 1 aliphatic carbocycles. The van der Waals surface area contributed by atoms with Gasteiger partial charge in [-0.25, -0.2) is 0 Å². The van der Waals surface area contributed by atoms with E-state index in [0.29, 0.717) is 12.0 Å². The molecule has 2 aliphatic rings. The number of anilines is 1. The average molecular weight is 395 g/mol. The normalized spacial score (nSPS) is 26.7. The highest BCUT2D eigenvalue weighted by Crippen LogP contribution is 2.39. The van der Waals surface area contributed by atoms with Crippen molar-refractivity contribution in [3.63, 3.8) is 0 Å². The number of carbonyl (C=O) groups is 2. The van der Waals surface area contributed by atoms with Gasteiger partial charge < -0.3 is 10.1 Å². The molecule has 0 radical (unpaired) electrons. The van der Waals surface area contributed by atoms with Crippen LogP contribution in [0.25, 0.3) is 0 Å². The third-order valence-corrected chi connectivity index (χ3v) is 5.86. The molecule has 1 heterocycles. The molecule has 1 saturated carbocycles. The van der Waals surface area contributed by atoms with Crippen LogP contribution >= 0.6 is 15.9 Å². The van der Waals surface area contributed by atoms with Crippen molar-refractivity contribution in [2.45, 2.75) is 44.2 Å². The Morgan fingerprint density at radius 3 is 2.79 bits per heavy atom. The third-order valence-electron chi connectivity index (χ3n) is 5.17. The lowest BCUT2D eigenvalue weighted by atomic mass is 9.85. The average Bonchev–Trinajstić information content (AvgIpc) is 2.95. The van der Waals surface area contributed by atoms with Gasteiger partial charge in [-0.2, -0.15) is 0 Å². The molecular weight excluding hydrogens is 372 g/mol. The molecule has 3 atom stereocenters. The molecule has 5 nitrogen and oxygen atoms in total. The van der Waals surface area contributed by atoms with Crippen molar-refractivity contribution in [2.75, 3.05) is 19.0 Å². The Labute approximate surface area is 150 Å². The number of esters is 1. The van der Waals surface area contributed by atoms with Crippen molar-refractivity contribution in [2.24, 2.45) is 5.92 Å². The summed E-state index contributed by atoms with van der Waals surface area (Å²) in [6.07, 6.45) is 5.38. The first-order valence-electron chi connectivity index (χ1n) is 8.48. The highest BCUT2D eigenvalue weighted by atomic mass is 79.9. The summed E-state index contributed by atoms with van der Waals surface area (Å²) in [5.41, 5.74) is 0.747. The number of nitrogens with one attached hydrogen (secondary N) is 1. The summed E-state index contributed by atoms with van der Waals surface area (Å²) in [4.78, 5) is 26.7. The zero-order valence-corrected chi connectivity index (χ0v) is 15.4. The minimum Gasteiger partial charge on any atom is -0.468 e. The molecule has 3 rings (SSSR count). The Balaban J connectivity index is 1.71. The van der Waals surface area contributed by atoms with Crippen LogP contribution in [0.15, 0.2) is 28.7 Å². The Kier molecular flexibility index (Phi) is 5.56. The number of amides is 1. The molecule has 1 N–H and O–H groups in total. The maximum Gasteiger partial charge on any atom is 0.323 e. The molecule has 0 unspecified atom stereocenters. The number of nitrogens with zero attached hydrogens (tertiary/aromatic N) is 1. The topological polar surface area (TPSA) is 58.6 Å². The van der Waals surface area contributed by atoms with E-state index in [1.54, 1.807) is 0 Å². The highest BCUT2D eigenvalue weighted by Gasteiger charge is 2.46. The van der Waals surface area contributed by atoms with Crippen LogP contribution in [0.5, 0.6) is 0 Å². The molecule has 1 aromatic rings. The lowest BCUT2D eigenvalue weighted by Crippen LogP contribution is -2.46. The molecule has 1 amide bonds. The van der Waals surface area contributed by atoms with Crippen LogP contribution in [0.1, 0.15) is 32.1 Å². The van der Waals surface area contributed by atoms with Crippen LogP contribution in [0.3, 0.4) is 0 Å². The highest BCUT2D eigenvalue weighted by molar-refractivity contribution is 9.10. The standard InChI is InChI=1S/C18H23BrN2O3/c1-24-18(23)16-10-12-6-2-5-9-15(12)21(16)11-17(22)20-14-8-4-3-7-13(14)19/h3-4,7-8,12,15-16H,2,5-6,9-11H2,1H3,(H,20,22)/t12-,15-,16+/m1/s1. The molecule has 130 valence electrons. The smallest absolute Gasteiger partial charge is 0.323 e. The molecule has 2 fully saturated rings. The number of rotatable bonds is 4. The maximum atomic E-state index is 12.5. The van der Waals surface area contributed by atoms with E-state index in [9.17, 15) is 9.59 Å². The van der Waals surface area contributed by atoms with E-state index in [0.717, 1.165) is 35.8 Å². The number of likely N-dealkylation sites (tertiary alicyclic amines) is 1. The van der Waals surface area contributed by atoms with Gasteiger partial charge in [0.15, 0.2) is 0 Å². The summed E-state index contributed by atoms with van der Waals surface area (Å²) in [6, 6.07) is 7.54. The summed E-state index contributed by atoms with van der Waals surface area (Å²) in [7, 11) is 1.42. The molecule has 24 heavy (non-hydrogen) atoms. The Bertz CT molecular complexity index is 622. The molecular formula is C18H23BrN2O3. The monoisotopic (exact) mass is 394 g/mol. The van der Waals surface area contributed by atoms with Gasteiger partial charge in [0.1, 0.15) is 6.04 Å². The van der Waals surface area contributed by atoms with Crippen LogP contribution in [0, 0.1) is 5.92 Å². The van der Waals surface area contributed by atoms with Crippen LogP contribution < -0.4 is 5.32 Å². The number of halogens is 1. The van der Waals surface area contributed by atoms with E-state index in [-0.39, 0.29) is 24.5 Å². The number of carbonyl (C=O) groups excluding carboxylic acids is 2. The Morgan fingerprint density at radius 1 is 1.29 bits per heavy atom. The molecule has 0 spiro atoms. The van der Waals surface area contributed by atoms with Gasteiger partial charge in [0.25, 0.3) is 0 Å².